The Labute approximate surface area is 153 Å². The molecule has 25 heavy (non-hydrogen) atoms. The summed E-state index contributed by atoms with van der Waals surface area (Å²) in [5.74, 6) is 1.26. The number of anilines is 3. The van der Waals surface area contributed by atoms with Crippen LogP contribution in [0.1, 0.15) is 30.6 Å². The van der Waals surface area contributed by atoms with E-state index in [9.17, 15) is 0 Å². The van der Waals surface area contributed by atoms with Crippen LogP contribution in [-0.2, 0) is 0 Å². The van der Waals surface area contributed by atoms with Gasteiger partial charge in [-0.2, -0.15) is 25.1 Å². The van der Waals surface area contributed by atoms with Crippen LogP contribution in [0.15, 0.2) is 29.3 Å². The van der Waals surface area contributed by atoms with Gasteiger partial charge in [0.25, 0.3) is 0 Å². The Morgan fingerprint density at radius 3 is 2.60 bits per heavy atom. The number of nitrogens with one attached hydrogen (secondary N) is 2. The van der Waals surface area contributed by atoms with E-state index >= 15 is 0 Å². The van der Waals surface area contributed by atoms with Gasteiger partial charge in [0.15, 0.2) is 0 Å². The van der Waals surface area contributed by atoms with Gasteiger partial charge in [-0.25, -0.2) is 4.98 Å². The van der Waals surface area contributed by atoms with Crippen LogP contribution in [-0.4, -0.2) is 41.8 Å². The molecule has 130 valence electrons. The van der Waals surface area contributed by atoms with Crippen molar-refractivity contribution in [3.8, 4) is 0 Å². The number of nitrogens with zero attached hydrogens (tertiary/aromatic N) is 7. The van der Waals surface area contributed by atoms with Gasteiger partial charge >= 0.3 is 0 Å². The SMILES string of the molecule is CNc1nc(Nc2cnn(C3CC(n4nccn4)C3)c2C)ncc1Br. The zero-order valence-corrected chi connectivity index (χ0v) is 15.5. The molecule has 4 rings (SSSR count). The van der Waals surface area contributed by atoms with Crippen molar-refractivity contribution in [3.05, 3.63) is 35.0 Å². The Morgan fingerprint density at radius 2 is 1.88 bits per heavy atom. The minimum Gasteiger partial charge on any atom is -0.372 e. The first-order chi connectivity index (χ1) is 12.2. The molecule has 0 spiro atoms. The van der Waals surface area contributed by atoms with Gasteiger partial charge in [-0.1, -0.05) is 0 Å². The smallest absolute Gasteiger partial charge is 0.229 e. The minimum atomic E-state index is 0.355. The first kappa shape index (κ1) is 16.0. The monoisotopic (exact) mass is 403 g/mol. The number of aromatic nitrogens is 7. The molecule has 1 fully saturated rings. The Morgan fingerprint density at radius 1 is 1.12 bits per heavy atom. The summed E-state index contributed by atoms with van der Waals surface area (Å²) in [7, 11) is 1.82. The Kier molecular flexibility index (Phi) is 4.12. The molecule has 3 aromatic heterocycles. The maximum absolute atomic E-state index is 4.53. The van der Waals surface area contributed by atoms with Crippen LogP contribution in [0.3, 0.4) is 0 Å². The third-order valence-corrected chi connectivity index (χ3v) is 5.05. The van der Waals surface area contributed by atoms with Crippen molar-refractivity contribution in [1.29, 1.82) is 0 Å². The van der Waals surface area contributed by atoms with Gasteiger partial charge in [-0.05, 0) is 35.7 Å². The van der Waals surface area contributed by atoms with Gasteiger partial charge in [0.1, 0.15) is 5.82 Å². The van der Waals surface area contributed by atoms with Gasteiger partial charge in [0.2, 0.25) is 5.95 Å². The van der Waals surface area contributed by atoms with Crippen molar-refractivity contribution in [3.63, 3.8) is 0 Å². The third kappa shape index (κ3) is 2.97. The highest BCUT2D eigenvalue weighted by atomic mass is 79.9. The summed E-state index contributed by atoms with van der Waals surface area (Å²) in [6.45, 7) is 2.05. The first-order valence-corrected chi connectivity index (χ1v) is 8.82. The van der Waals surface area contributed by atoms with Crippen LogP contribution in [0, 0.1) is 6.92 Å². The highest BCUT2D eigenvalue weighted by molar-refractivity contribution is 9.10. The highest BCUT2D eigenvalue weighted by Gasteiger charge is 2.34. The maximum Gasteiger partial charge on any atom is 0.229 e. The van der Waals surface area contributed by atoms with Crippen LogP contribution in [0.5, 0.6) is 0 Å². The second-order valence-electron chi connectivity index (χ2n) is 5.98. The van der Waals surface area contributed by atoms with E-state index in [4.69, 9.17) is 0 Å². The first-order valence-electron chi connectivity index (χ1n) is 8.03. The fourth-order valence-corrected chi connectivity index (χ4v) is 3.39. The van der Waals surface area contributed by atoms with E-state index in [1.807, 2.05) is 20.2 Å². The molecule has 1 aliphatic carbocycles. The molecule has 1 saturated carbocycles. The molecule has 0 radical (unpaired) electrons. The zero-order chi connectivity index (χ0) is 17.4. The molecule has 3 aromatic rings. The standard InChI is InChI=1S/C15H18BrN9/c1-9-13(22-15-18-7-12(16)14(17-2)23-15)8-21-24(9)10-5-11(6-10)25-19-3-4-20-25/h3-4,7-8,10-11H,5-6H2,1-2H3,(H2,17,18,22,23). The molecule has 0 atom stereocenters. The lowest BCUT2D eigenvalue weighted by Crippen LogP contribution is -2.31. The Balaban J connectivity index is 1.47. The molecule has 0 saturated heterocycles. The van der Waals surface area contributed by atoms with E-state index in [2.05, 4.69) is 56.5 Å². The number of halogens is 1. The van der Waals surface area contributed by atoms with Gasteiger partial charge in [-0.15, -0.1) is 0 Å². The fourth-order valence-electron chi connectivity index (χ4n) is 3.00. The number of hydrogen-bond donors (Lipinski definition) is 2. The van der Waals surface area contributed by atoms with E-state index in [0.29, 0.717) is 18.0 Å². The van der Waals surface area contributed by atoms with Crippen molar-refractivity contribution in [2.75, 3.05) is 17.7 Å². The average molecular weight is 404 g/mol. The van der Waals surface area contributed by atoms with E-state index in [-0.39, 0.29) is 0 Å². The van der Waals surface area contributed by atoms with Crippen molar-refractivity contribution in [1.82, 2.24) is 34.7 Å². The summed E-state index contributed by atoms with van der Waals surface area (Å²) < 4.78 is 2.88. The summed E-state index contributed by atoms with van der Waals surface area (Å²) in [6, 6.07) is 0.721. The molecule has 0 amide bonds. The largest absolute Gasteiger partial charge is 0.372 e. The summed E-state index contributed by atoms with van der Waals surface area (Å²) >= 11 is 3.41. The van der Waals surface area contributed by atoms with Gasteiger partial charge in [0.05, 0.1) is 46.5 Å². The maximum atomic E-state index is 4.53. The second kappa shape index (κ2) is 6.43. The minimum absolute atomic E-state index is 0.355. The summed E-state index contributed by atoms with van der Waals surface area (Å²) in [6.07, 6.45) is 8.93. The Bertz CT molecular complexity index is 867. The van der Waals surface area contributed by atoms with Crippen LogP contribution < -0.4 is 10.6 Å². The molecule has 3 heterocycles. The second-order valence-corrected chi connectivity index (χ2v) is 6.84. The van der Waals surface area contributed by atoms with Crippen LogP contribution in [0.4, 0.5) is 17.5 Å². The lowest BCUT2D eigenvalue weighted by Gasteiger charge is -2.35. The molecule has 0 bridgehead atoms. The molecule has 10 heteroatoms. The fraction of sp³-hybridized carbons (Fsp3) is 0.400. The van der Waals surface area contributed by atoms with E-state index in [1.54, 1.807) is 23.4 Å². The molecule has 0 aromatic carbocycles. The van der Waals surface area contributed by atoms with Gasteiger partial charge in [-0.3, -0.25) is 4.68 Å². The molecule has 1 aliphatic rings. The highest BCUT2D eigenvalue weighted by Crippen LogP contribution is 2.41. The predicted octanol–water partition coefficient (Wildman–Crippen LogP) is 2.70. The lowest BCUT2D eigenvalue weighted by molar-refractivity contribution is 0.158. The number of hydrogen-bond acceptors (Lipinski definition) is 7. The van der Waals surface area contributed by atoms with Crippen LogP contribution in [0.2, 0.25) is 0 Å². The van der Waals surface area contributed by atoms with E-state index in [0.717, 1.165) is 34.5 Å². The van der Waals surface area contributed by atoms with Crippen LogP contribution in [0.25, 0.3) is 0 Å². The summed E-state index contributed by atoms with van der Waals surface area (Å²) in [4.78, 5) is 10.5. The van der Waals surface area contributed by atoms with Crippen molar-refractivity contribution in [2.24, 2.45) is 0 Å². The molecule has 9 nitrogen and oxygen atoms in total. The Hall–Kier alpha value is -2.49. The number of rotatable bonds is 5. The third-order valence-electron chi connectivity index (χ3n) is 4.47. The predicted molar refractivity (Wildman–Crippen MR) is 96.9 cm³/mol. The zero-order valence-electron chi connectivity index (χ0n) is 13.9. The molecular formula is C15H18BrN9. The van der Waals surface area contributed by atoms with Gasteiger partial charge < -0.3 is 10.6 Å². The molecule has 2 N–H and O–H groups in total. The van der Waals surface area contributed by atoms with Crippen molar-refractivity contribution < 1.29 is 0 Å². The van der Waals surface area contributed by atoms with Crippen LogP contribution >= 0.6 is 15.9 Å². The lowest BCUT2D eigenvalue weighted by atomic mass is 9.87. The molecular weight excluding hydrogens is 386 g/mol. The quantitative estimate of drug-likeness (QED) is 0.675. The average Bonchev–Trinajstić information content (AvgIpc) is 3.21. The molecule has 0 unspecified atom stereocenters. The van der Waals surface area contributed by atoms with Crippen molar-refractivity contribution >= 4 is 33.4 Å². The van der Waals surface area contributed by atoms with Gasteiger partial charge in [0, 0.05) is 13.2 Å². The molecule has 0 aliphatic heterocycles. The van der Waals surface area contributed by atoms with Crippen molar-refractivity contribution in [2.45, 2.75) is 31.8 Å². The summed E-state index contributed by atoms with van der Waals surface area (Å²) in [5, 5.41) is 19.2. The van der Waals surface area contributed by atoms with E-state index < -0.39 is 0 Å². The summed E-state index contributed by atoms with van der Waals surface area (Å²) in [5.41, 5.74) is 1.97. The van der Waals surface area contributed by atoms with E-state index in [1.165, 1.54) is 0 Å². The normalized spacial score (nSPS) is 19.5. The topological polar surface area (TPSA) is 98.4 Å².